The molecular formula is C6H10Cl2N2O. The minimum Gasteiger partial charge on any atom is -0.397 e. The first-order valence-corrected chi connectivity index (χ1v) is 2.65. The summed E-state index contributed by atoms with van der Waals surface area (Å²) in [6, 6.07) is 3.44. The van der Waals surface area contributed by atoms with Gasteiger partial charge in [0.2, 0.25) is 0 Å². The van der Waals surface area contributed by atoms with Crippen LogP contribution in [0, 0.1) is 0 Å². The largest absolute Gasteiger partial charge is 0.397 e. The van der Waals surface area contributed by atoms with Crippen molar-refractivity contribution in [3.63, 3.8) is 0 Å². The average Bonchev–Trinajstić information content (AvgIpc) is 1.89. The molecule has 5 heteroatoms. The molecule has 64 valence electrons. The van der Waals surface area contributed by atoms with Crippen LogP contribution in [0.2, 0.25) is 0 Å². The molecule has 1 rings (SSSR count). The number of aliphatic hydroxyl groups excluding tert-OH is 1. The number of rotatable bonds is 1. The van der Waals surface area contributed by atoms with E-state index in [1.165, 1.54) is 0 Å². The van der Waals surface area contributed by atoms with Crippen LogP contribution in [0.15, 0.2) is 18.3 Å². The topological polar surface area (TPSA) is 59.1 Å². The number of aromatic nitrogens is 1. The van der Waals surface area contributed by atoms with E-state index in [9.17, 15) is 0 Å². The Labute approximate surface area is 77.5 Å². The van der Waals surface area contributed by atoms with Crippen molar-refractivity contribution in [3.8, 4) is 0 Å². The van der Waals surface area contributed by atoms with Crippen molar-refractivity contribution in [3.05, 3.63) is 24.0 Å². The molecule has 0 atom stereocenters. The Morgan fingerprint density at radius 3 is 2.45 bits per heavy atom. The Morgan fingerprint density at radius 1 is 1.45 bits per heavy atom. The van der Waals surface area contributed by atoms with Gasteiger partial charge in [-0.3, -0.25) is 4.98 Å². The predicted octanol–water partition coefficient (Wildman–Crippen LogP) is 1.000. The van der Waals surface area contributed by atoms with E-state index >= 15 is 0 Å². The van der Waals surface area contributed by atoms with Gasteiger partial charge >= 0.3 is 0 Å². The molecule has 11 heavy (non-hydrogen) atoms. The average molecular weight is 197 g/mol. The van der Waals surface area contributed by atoms with E-state index in [1.807, 2.05) is 0 Å². The van der Waals surface area contributed by atoms with E-state index < -0.39 is 0 Å². The predicted molar refractivity (Wildman–Crippen MR) is 49.1 cm³/mol. The number of pyridine rings is 1. The van der Waals surface area contributed by atoms with Gasteiger partial charge in [-0.2, -0.15) is 0 Å². The van der Waals surface area contributed by atoms with Crippen molar-refractivity contribution >= 4 is 30.5 Å². The highest BCUT2D eigenvalue weighted by atomic mass is 35.5. The lowest BCUT2D eigenvalue weighted by atomic mass is 10.3. The molecule has 0 aliphatic heterocycles. The number of nitrogens with two attached hydrogens (primary N) is 1. The Kier molecular flexibility index (Phi) is 7.41. The molecule has 0 unspecified atom stereocenters. The van der Waals surface area contributed by atoms with Crippen LogP contribution in [0.3, 0.4) is 0 Å². The van der Waals surface area contributed by atoms with E-state index in [2.05, 4.69) is 4.98 Å². The number of aliphatic hydroxyl groups is 1. The summed E-state index contributed by atoms with van der Waals surface area (Å²) in [7, 11) is 0. The molecule has 0 fully saturated rings. The lowest BCUT2D eigenvalue weighted by Gasteiger charge is -1.96. The van der Waals surface area contributed by atoms with E-state index in [0.29, 0.717) is 11.4 Å². The minimum atomic E-state index is -0.0906. The summed E-state index contributed by atoms with van der Waals surface area (Å²) in [6.45, 7) is -0.0906. The number of halogens is 2. The fraction of sp³-hybridized carbons (Fsp3) is 0.167. The SMILES string of the molecule is Cl.Cl.Nc1cccnc1CO. The first kappa shape index (κ1) is 13.1. The first-order chi connectivity index (χ1) is 4.34. The van der Waals surface area contributed by atoms with Gasteiger partial charge in [-0.1, -0.05) is 0 Å². The van der Waals surface area contributed by atoms with E-state index in [1.54, 1.807) is 18.3 Å². The van der Waals surface area contributed by atoms with Crippen LogP contribution in [0.1, 0.15) is 5.69 Å². The quantitative estimate of drug-likeness (QED) is 0.705. The van der Waals surface area contributed by atoms with Gasteiger partial charge < -0.3 is 10.8 Å². The smallest absolute Gasteiger partial charge is 0.0886 e. The highest BCUT2D eigenvalue weighted by Gasteiger charge is 1.93. The zero-order valence-corrected chi connectivity index (χ0v) is 7.36. The van der Waals surface area contributed by atoms with Crippen LogP contribution in [-0.4, -0.2) is 10.1 Å². The van der Waals surface area contributed by atoms with Gasteiger partial charge in [0.1, 0.15) is 0 Å². The number of hydrogen-bond acceptors (Lipinski definition) is 3. The van der Waals surface area contributed by atoms with Crippen LogP contribution < -0.4 is 5.73 Å². The maximum absolute atomic E-state index is 8.58. The van der Waals surface area contributed by atoms with Crippen molar-refractivity contribution in [1.29, 1.82) is 0 Å². The van der Waals surface area contributed by atoms with Gasteiger partial charge in [0.15, 0.2) is 0 Å². The molecule has 0 saturated carbocycles. The second-order valence-electron chi connectivity index (χ2n) is 1.70. The molecule has 3 nitrogen and oxygen atoms in total. The van der Waals surface area contributed by atoms with Gasteiger partial charge in [0.25, 0.3) is 0 Å². The van der Waals surface area contributed by atoms with Crippen molar-refractivity contribution in [2.45, 2.75) is 6.61 Å². The number of hydrogen-bond donors (Lipinski definition) is 2. The normalized spacial score (nSPS) is 7.73. The Morgan fingerprint density at radius 2 is 2.09 bits per heavy atom. The number of anilines is 1. The van der Waals surface area contributed by atoms with Gasteiger partial charge in [0.05, 0.1) is 18.0 Å². The Bertz CT molecular complexity index is 208. The van der Waals surface area contributed by atoms with Crippen LogP contribution in [0.4, 0.5) is 5.69 Å². The number of nitrogens with zero attached hydrogens (tertiary/aromatic N) is 1. The van der Waals surface area contributed by atoms with Crippen molar-refractivity contribution in [1.82, 2.24) is 4.98 Å². The molecule has 1 heterocycles. The fourth-order valence-electron chi connectivity index (χ4n) is 0.583. The van der Waals surface area contributed by atoms with Gasteiger partial charge in [-0.15, -0.1) is 24.8 Å². The first-order valence-electron chi connectivity index (χ1n) is 2.65. The van der Waals surface area contributed by atoms with E-state index in [-0.39, 0.29) is 31.4 Å². The summed E-state index contributed by atoms with van der Waals surface area (Å²) in [5.41, 5.74) is 6.49. The summed E-state index contributed by atoms with van der Waals surface area (Å²) in [5.74, 6) is 0. The zero-order chi connectivity index (χ0) is 6.69. The maximum atomic E-state index is 8.58. The second-order valence-corrected chi connectivity index (χ2v) is 1.70. The molecule has 1 aromatic rings. The molecular weight excluding hydrogens is 187 g/mol. The van der Waals surface area contributed by atoms with Crippen LogP contribution in [0.25, 0.3) is 0 Å². The third kappa shape index (κ3) is 3.41. The Hall–Kier alpha value is -0.510. The molecule has 0 amide bonds. The molecule has 0 radical (unpaired) electrons. The standard InChI is InChI=1S/C6H8N2O.2ClH/c7-5-2-1-3-8-6(5)4-9;;/h1-3,9H,4,7H2;2*1H. The highest BCUT2D eigenvalue weighted by Crippen LogP contribution is 2.04. The summed E-state index contributed by atoms with van der Waals surface area (Å²) in [6.07, 6.45) is 1.60. The van der Waals surface area contributed by atoms with E-state index in [4.69, 9.17) is 10.8 Å². The lowest BCUT2D eigenvalue weighted by Crippen LogP contribution is -1.95. The van der Waals surface area contributed by atoms with Gasteiger partial charge in [-0.05, 0) is 12.1 Å². The molecule has 0 bridgehead atoms. The summed E-state index contributed by atoms with van der Waals surface area (Å²) < 4.78 is 0. The Balaban J connectivity index is 0. The lowest BCUT2D eigenvalue weighted by molar-refractivity contribution is 0.277. The van der Waals surface area contributed by atoms with Crippen molar-refractivity contribution in [2.75, 3.05) is 5.73 Å². The van der Waals surface area contributed by atoms with Crippen LogP contribution in [-0.2, 0) is 6.61 Å². The minimum absolute atomic E-state index is 0. The van der Waals surface area contributed by atoms with Crippen molar-refractivity contribution in [2.24, 2.45) is 0 Å². The van der Waals surface area contributed by atoms with Gasteiger partial charge in [-0.25, -0.2) is 0 Å². The second kappa shape index (κ2) is 6.22. The monoisotopic (exact) mass is 196 g/mol. The van der Waals surface area contributed by atoms with Crippen LogP contribution >= 0.6 is 24.8 Å². The molecule has 0 aliphatic carbocycles. The maximum Gasteiger partial charge on any atom is 0.0886 e. The number of nitrogen functional groups attached to an aromatic ring is 1. The molecule has 0 spiro atoms. The molecule has 0 aliphatic rings. The highest BCUT2D eigenvalue weighted by molar-refractivity contribution is 5.85. The molecule has 0 aromatic carbocycles. The molecule has 3 N–H and O–H groups in total. The van der Waals surface area contributed by atoms with Crippen LogP contribution in [0.5, 0.6) is 0 Å². The summed E-state index contributed by atoms with van der Waals surface area (Å²) >= 11 is 0. The van der Waals surface area contributed by atoms with E-state index in [0.717, 1.165) is 0 Å². The zero-order valence-electron chi connectivity index (χ0n) is 5.73. The molecule has 0 saturated heterocycles. The van der Waals surface area contributed by atoms with Gasteiger partial charge in [0, 0.05) is 6.20 Å². The summed E-state index contributed by atoms with van der Waals surface area (Å²) in [4.78, 5) is 3.82. The summed E-state index contributed by atoms with van der Waals surface area (Å²) in [5, 5.41) is 8.58. The third-order valence-corrected chi connectivity index (χ3v) is 1.08. The fourth-order valence-corrected chi connectivity index (χ4v) is 0.583. The van der Waals surface area contributed by atoms with Crippen molar-refractivity contribution < 1.29 is 5.11 Å². The molecule has 1 aromatic heterocycles. The third-order valence-electron chi connectivity index (χ3n) is 1.08.